The van der Waals surface area contributed by atoms with Crippen molar-refractivity contribution < 1.29 is 14.3 Å². The summed E-state index contributed by atoms with van der Waals surface area (Å²) < 4.78 is 11.8. The van der Waals surface area contributed by atoms with Crippen LogP contribution in [0, 0.1) is 5.41 Å². The lowest BCUT2D eigenvalue weighted by atomic mass is 9.62. The fraction of sp³-hybridized carbons (Fsp3) is 0.667. The smallest absolute Gasteiger partial charge is 0.410 e. The first-order valence-corrected chi connectivity index (χ1v) is 8.16. The van der Waals surface area contributed by atoms with E-state index in [0.717, 1.165) is 25.9 Å². The van der Waals surface area contributed by atoms with Gasteiger partial charge in [0.05, 0.1) is 12.4 Å². The van der Waals surface area contributed by atoms with Gasteiger partial charge in [-0.15, -0.1) is 0 Å². The molecule has 0 aromatic carbocycles. The van der Waals surface area contributed by atoms with Gasteiger partial charge in [-0.2, -0.15) is 0 Å². The molecule has 6 nitrogen and oxygen atoms in total. The van der Waals surface area contributed by atoms with Crippen LogP contribution in [0.3, 0.4) is 0 Å². The highest BCUT2D eigenvalue weighted by Gasteiger charge is 2.55. The van der Waals surface area contributed by atoms with Crippen molar-refractivity contribution in [3.63, 3.8) is 0 Å². The largest absolute Gasteiger partial charge is 0.473 e. The zero-order valence-electron chi connectivity index (χ0n) is 13.0. The molecule has 1 spiro atoms. The number of carbonyl (C=O) groups is 1. The van der Waals surface area contributed by atoms with E-state index in [0.29, 0.717) is 10.5 Å². The maximum Gasteiger partial charge on any atom is 0.410 e. The molecule has 1 saturated heterocycles. The van der Waals surface area contributed by atoms with Crippen molar-refractivity contribution in [3.8, 4) is 5.88 Å². The quantitative estimate of drug-likeness (QED) is 0.801. The maximum absolute atomic E-state index is 11.9. The molecule has 0 radical (unpaired) electrons. The Balaban J connectivity index is 1.44. The molecule has 0 atom stereocenters. The number of aromatic nitrogens is 2. The van der Waals surface area contributed by atoms with Gasteiger partial charge in [0.15, 0.2) is 0 Å². The van der Waals surface area contributed by atoms with E-state index in [1.54, 1.807) is 17.3 Å². The summed E-state index contributed by atoms with van der Waals surface area (Å²) in [6.07, 6.45) is 5.06. The third-order valence-corrected chi connectivity index (χ3v) is 4.28. The van der Waals surface area contributed by atoms with Gasteiger partial charge in [0.25, 0.3) is 0 Å². The Kier molecular flexibility index (Phi) is 3.79. The fourth-order valence-corrected chi connectivity index (χ4v) is 3.31. The minimum atomic E-state index is -0.440. The number of ether oxygens (including phenoxy) is 2. The van der Waals surface area contributed by atoms with Crippen LogP contribution in [0.25, 0.3) is 0 Å². The molecule has 2 fully saturated rings. The molecule has 7 heteroatoms. The fourth-order valence-electron chi connectivity index (χ4n) is 3.02. The van der Waals surface area contributed by atoms with E-state index in [4.69, 9.17) is 9.47 Å². The normalized spacial score (nSPS) is 20.3. The number of nitrogens with zero attached hydrogens (tertiary/aromatic N) is 3. The Bertz CT molecular complexity index is 574. The molecular weight excluding hydrogens is 350 g/mol. The Morgan fingerprint density at radius 1 is 1.36 bits per heavy atom. The van der Waals surface area contributed by atoms with Gasteiger partial charge >= 0.3 is 6.09 Å². The summed E-state index contributed by atoms with van der Waals surface area (Å²) in [5.74, 6) is 0.539. The van der Waals surface area contributed by atoms with Crippen LogP contribution in [-0.4, -0.2) is 45.8 Å². The second-order valence-corrected chi connectivity index (χ2v) is 7.98. The predicted molar refractivity (Wildman–Crippen MR) is 83.6 cm³/mol. The minimum absolute atomic E-state index is 0.157. The zero-order chi connectivity index (χ0) is 16.0. The summed E-state index contributed by atoms with van der Waals surface area (Å²) in [6, 6.07) is 0. The molecule has 1 aromatic rings. The first-order valence-electron chi connectivity index (χ1n) is 7.37. The first-order chi connectivity index (χ1) is 10.2. The number of hydrogen-bond acceptors (Lipinski definition) is 5. The van der Waals surface area contributed by atoms with E-state index in [1.165, 1.54) is 0 Å². The minimum Gasteiger partial charge on any atom is -0.473 e. The third kappa shape index (κ3) is 3.34. The van der Waals surface area contributed by atoms with Gasteiger partial charge < -0.3 is 14.4 Å². The highest BCUT2D eigenvalue weighted by atomic mass is 79.9. The molecule has 1 aliphatic heterocycles. The standard InChI is InChI=1S/C15H20BrN3O3/c1-14(2,3)22-13(20)19-8-15(9-19)4-10(5-15)21-12-7-17-6-11(16)18-12/h6-7,10H,4-5,8-9H2,1-3H3. The van der Waals surface area contributed by atoms with Crippen LogP contribution >= 0.6 is 15.9 Å². The highest BCUT2D eigenvalue weighted by Crippen LogP contribution is 2.49. The topological polar surface area (TPSA) is 64.5 Å². The Morgan fingerprint density at radius 3 is 2.64 bits per heavy atom. The van der Waals surface area contributed by atoms with E-state index in [9.17, 15) is 4.79 Å². The maximum atomic E-state index is 11.9. The van der Waals surface area contributed by atoms with E-state index >= 15 is 0 Å². The van der Waals surface area contributed by atoms with Crippen LogP contribution in [0.2, 0.25) is 0 Å². The van der Waals surface area contributed by atoms with Crippen molar-refractivity contribution in [1.29, 1.82) is 0 Å². The lowest BCUT2D eigenvalue weighted by molar-refractivity contribution is -0.117. The van der Waals surface area contributed by atoms with Crippen molar-refractivity contribution >= 4 is 22.0 Å². The molecule has 22 heavy (non-hydrogen) atoms. The van der Waals surface area contributed by atoms with Crippen molar-refractivity contribution in [2.45, 2.75) is 45.3 Å². The Morgan fingerprint density at radius 2 is 2.05 bits per heavy atom. The summed E-state index contributed by atoms with van der Waals surface area (Å²) >= 11 is 3.28. The lowest BCUT2D eigenvalue weighted by Crippen LogP contribution is -2.66. The number of carbonyl (C=O) groups excluding carboxylic acids is 1. The van der Waals surface area contributed by atoms with Gasteiger partial charge in [0, 0.05) is 18.5 Å². The van der Waals surface area contributed by atoms with Crippen LogP contribution in [0.15, 0.2) is 17.0 Å². The molecule has 1 saturated carbocycles. The molecule has 1 aliphatic carbocycles. The number of rotatable bonds is 2. The van der Waals surface area contributed by atoms with Crippen molar-refractivity contribution in [2.24, 2.45) is 5.41 Å². The monoisotopic (exact) mass is 369 g/mol. The van der Waals surface area contributed by atoms with Crippen LogP contribution in [-0.2, 0) is 4.74 Å². The van der Waals surface area contributed by atoms with E-state index in [-0.39, 0.29) is 17.6 Å². The van der Waals surface area contributed by atoms with Gasteiger partial charge in [-0.1, -0.05) is 0 Å². The SMILES string of the molecule is CC(C)(C)OC(=O)N1CC2(CC(Oc3cncc(Br)n3)C2)C1. The van der Waals surface area contributed by atoms with Crippen LogP contribution in [0.1, 0.15) is 33.6 Å². The van der Waals surface area contributed by atoms with Gasteiger partial charge in [-0.3, -0.25) is 4.98 Å². The molecule has 0 N–H and O–H groups in total. The molecular formula is C15H20BrN3O3. The van der Waals surface area contributed by atoms with Crippen LogP contribution in [0.5, 0.6) is 5.88 Å². The number of halogens is 1. The molecule has 3 rings (SSSR count). The third-order valence-electron chi connectivity index (χ3n) is 3.90. The number of likely N-dealkylation sites (tertiary alicyclic amines) is 1. The van der Waals surface area contributed by atoms with E-state index in [1.807, 2.05) is 20.8 Å². The van der Waals surface area contributed by atoms with Gasteiger partial charge in [-0.25, -0.2) is 9.78 Å². The van der Waals surface area contributed by atoms with Crippen molar-refractivity contribution in [1.82, 2.24) is 14.9 Å². The van der Waals surface area contributed by atoms with Gasteiger partial charge in [-0.05, 0) is 49.5 Å². The highest BCUT2D eigenvalue weighted by molar-refractivity contribution is 9.10. The summed E-state index contributed by atoms with van der Waals surface area (Å²) in [7, 11) is 0. The van der Waals surface area contributed by atoms with Crippen molar-refractivity contribution in [3.05, 3.63) is 17.0 Å². The molecule has 2 aliphatic rings. The van der Waals surface area contributed by atoms with Crippen LogP contribution in [0.4, 0.5) is 4.79 Å². The average molecular weight is 370 g/mol. The predicted octanol–water partition coefficient (Wildman–Crippen LogP) is 3.02. The molecule has 120 valence electrons. The van der Waals surface area contributed by atoms with Gasteiger partial charge in [0.2, 0.25) is 5.88 Å². The second-order valence-electron chi connectivity index (χ2n) is 7.16. The summed E-state index contributed by atoms with van der Waals surface area (Å²) in [5, 5.41) is 0. The van der Waals surface area contributed by atoms with E-state index < -0.39 is 5.60 Å². The molecule has 2 heterocycles. The number of hydrogen-bond donors (Lipinski definition) is 0. The zero-order valence-corrected chi connectivity index (χ0v) is 14.6. The average Bonchev–Trinajstić information content (AvgIpc) is 2.28. The van der Waals surface area contributed by atoms with Gasteiger partial charge in [0.1, 0.15) is 16.3 Å². The van der Waals surface area contributed by atoms with Crippen molar-refractivity contribution in [2.75, 3.05) is 13.1 Å². The Labute approximate surface area is 138 Å². The van der Waals surface area contributed by atoms with E-state index in [2.05, 4.69) is 25.9 Å². The number of amides is 1. The summed E-state index contributed by atoms with van der Waals surface area (Å²) in [4.78, 5) is 21.9. The molecule has 1 aromatic heterocycles. The summed E-state index contributed by atoms with van der Waals surface area (Å²) in [5.41, 5.74) is -0.231. The van der Waals surface area contributed by atoms with Crippen LogP contribution < -0.4 is 4.74 Å². The molecule has 0 bridgehead atoms. The molecule has 0 unspecified atom stereocenters. The second kappa shape index (κ2) is 5.37. The first kappa shape index (κ1) is 15.5. The summed E-state index contributed by atoms with van der Waals surface area (Å²) in [6.45, 7) is 7.16. The Hall–Kier alpha value is -1.37. The molecule has 1 amide bonds. The lowest BCUT2D eigenvalue weighted by Gasteiger charge is -2.57.